The maximum atomic E-state index is 12.8. The first-order valence-electron chi connectivity index (χ1n) is 7.62. The van der Waals surface area contributed by atoms with E-state index in [0.29, 0.717) is 6.04 Å². The number of halogens is 1. The first-order valence-corrected chi connectivity index (χ1v) is 7.62. The summed E-state index contributed by atoms with van der Waals surface area (Å²) in [6.45, 7) is 10.2. The zero-order chi connectivity index (χ0) is 15.9. The number of nitrogens with one attached hydrogen (secondary N) is 1. The summed E-state index contributed by atoms with van der Waals surface area (Å²) in [5.74, 6) is 1.57. The lowest BCUT2D eigenvalue weighted by atomic mass is 10.1. The fourth-order valence-electron chi connectivity index (χ4n) is 3.08. The summed E-state index contributed by atoms with van der Waals surface area (Å²) in [6, 6.07) is 4.15. The molecule has 23 heavy (non-hydrogen) atoms. The first kappa shape index (κ1) is 17.6. The van der Waals surface area contributed by atoms with Crippen LogP contribution >= 0.6 is 12.4 Å². The highest BCUT2D eigenvalue weighted by Crippen LogP contribution is 2.22. The predicted octanol–water partition coefficient (Wildman–Crippen LogP) is 2.25. The number of amides is 1. The third-order valence-electron chi connectivity index (χ3n) is 4.16. The lowest BCUT2D eigenvalue weighted by Gasteiger charge is -2.31. The Labute approximate surface area is 142 Å². The molecule has 1 unspecified atom stereocenters. The third kappa shape index (κ3) is 3.28. The van der Waals surface area contributed by atoms with Gasteiger partial charge >= 0.3 is 0 Å². The van der Waals surface area contributed by atoms with E-state index >= 15 is 0 Å². The van der Waals surface area contributed by atoms with Crippen LogP contribution in [0.2, 0.25) is 0 Å². The van der Waals surface area contributed by atoms with E-state index < -0.39 is 0 Å². The van der Waals surface area contributed by atoms with Gasteiger partial charge in [-0.2, -0.15) is 0 Å². The van der Waals surface area contributed by atoms with Crippen molar-refractivity contribution in [1.29, 1.82) is 0 Å². The van der Waals surface area contributed by atoms with Crippen molar-refractivity contribution in [1.82, 2.24) is 19.9 Å². The summed E-state index contributed by atoms with van der Waals surface area (Å²) >= 11 is 0. The summed E-state index contributed by atoms with van der Waals surface area (Å²) in [6.07, 6.45) is 0. The largest absolute Gasteiger partial charge is 0.360 e. The van der Waals surface area contributed by atoms with E-state index in [-0.39, 0.29) is 18.3 Å². The summed E-state index contributed by atoms with van der Waals surface area (Å²) in [4.78, 5) is 14.7. The first-order chi connectivity index (χ1) is 10.5. The van der Waals surface area contributed by atoms with Gasteiger partial charge in [0.1, 0.15) is 5.76 Å². The molecule has 0 aromatic carbocycles. The normalized spacial score (nSPS) is 17.9. The second-order valence-corrected chi connectivity index (χ2v) is 6.02. The number of carbonyl (C=O) groups excluding carboxylic acids is 1. The quantitative estimate of drug-likeness (QED) is 0.912. The summed E-state index contributed by atoms with van der Waals surface area (Å²) in [7, 11) is 0. The lowest BCUT2D eigenvalue weighted by molar-refractivity contribution is 0.0708. The van der Waals surface area contributed by atoms with Gasteiger partial charge in [0.15, 0.2) is 5.82 Å². The molecule has 0 bridgehead atoms. The van der Waals surface area contributed by atoms with E-state index in [1.54, 1.807) is 0 Å². The van der Waals surface area contributed by atoms with E-state index in [2.05, 4.69) is 17.4 Å². The Bertz CT molecular complexity index is 707. The molecule has 0 aliphatic carbocycles. The van der Waals surface area contributed by atoms with Crippen molar-refractivity contribution < 1.29 is 9.32 Å². The van der Waals surface area contributed by atoms with Gasteiger partial charge in [0, 0.05) is 43.1 Å². The van der Waals surface area contributed by atoms with Crippen LogP contribution in [0, 0.1) is 20.8 Å². The van der Waals surface area contributed by atoms with Crippen molar-refractivity contribution in [3.05, 3.63) is 34.8 Å². The zero-order valence-electron chi connectivity index (χ0n) is 13.9. The molecule has 3 heterocycles. The second kappa shape index (κ2) is 6.76. The molecule has 1 fully saturated rings. The molecular formula is C16H23ClN4O2. The van der Waals surface area contributed by atoms with Gasteiger partial charge in [0.05, 0.1) is 5.56 Å². The number of aryl methyl sites for hydroxylation is 2. The molecular weight excluding hydrogens is 316 g/mol. The Balaban J connectivity index is 0.00000192. The van der Waals surface area contributed by atoms with Crippen LogP contribution in [-0.2, 0) is 0 Å². The molecule has 1 amide bonds. The Morgan fingerprint density at radius 2 is 2.09 bits per heavy atom. The molecule has 6 nitrogen and oxygen atoms in total. The van der Waals surface area contributed by atoms with Crippen molar-refractivity contribution in [2.75, 3.05) is 19.6 Å². The van der Waals surface area contributed by atoms with Crippen LogP contribution in [0.25, 0.3) is 5.82 Å². The molecule has 1 aliphatic rings. The molecule has 1 N–H and O–H groups in total. The Morgan fingerprint density at radius 1 is 1.35 bits per heavy atom. The van der Waals surface area contributed by atoms with Crippen molar-refractivity contribution in [3.63, 3.8) is 0 Å². The van der Waals surface area contributed by atoms with Gasteiger partial charge in [-0.05, 0) is 33.8 Å². The smallest absolute Gasteiger partial charge is 0.255 e. The van der Waals surface area contributed by atoms with Crippen molar-refractivity contribution in [3.8, 4) is 5.82 Å². The number of nitrogens with zero attached hydrogens (tertiary/aromatic N) is 3. The van der Waals surface area contributed by atoms with Gasteiger partial charge < -0.3 is 14.7 Å². The molecule has 0 saturated carbocycles. The SMILES string of the molecule is Cc1cc(-n2c(C)cc(C(=O)N3CCNC(C)C3)c2C)no1.Cl. The number of hydrogen-bond donors (Lipinski definition) is 1. The molecule has 0 radical (unpaired) electrons. The lowest BCUT2D eigenvalue weighted by Crippen LogP contribution is -2.51. The average Bonchev–Trinajstić information content (AvgIpc) is 3.01. The number of rotatable bonds is 2. The fraction of sp³-hybridized carbons (Fsp3) is 0.500. The number of aromatic nitrogens is 2. The van der Waals surface area contributed by atoms with Crippen molar-refractivity contribution in [2.24, 2.45) is 0 Å². The minimum atomic E-state index is 0. The van der Waals surface area contributed by atoms with Crippen LogP contribution in [0.1, 0.15) is 34.4 Å². The molecule has 2 aromatic rings. The van der Waals surface area contributed by atoms with E-state index in [0.717, 1.165) is 48.2 Å². The summed E-state index contributed by atoms with van der Waals surface area (Å²) < 4.78 is 7.12. The Morgan fingerprint density at radius 3 is 2.70 bits per heavy atom. The van der Waals surface area contributed by atoms with E-state index in [4.69, 9.17) is 4.52 Å². The molecule has 7 heteroatoms. The van der Waals surface area contributed by atoms with E-state index in [1.165, 1.54) is 0 Å². The van der Waals surface area contributed by atoms with Crippen LogP contribution < -0.4 is 5.32 Å². The Hall–Kier alpha value is -1.79. The fourth-order valence-corrected chi connectivity index (χ4v) is 3.08. The highest BCUT2D eigenvalue weighted by Gasteiger charge is 2.25. The van der Waals surface area contributed by atoms with Crippen LogP contribution in [0.5, 0.6) is 0 Å². The predicted molar refractivity (Wildman–Crippen MR) is 90.7 cm³/mol. The van der Waals surface area contributed by atoms with E-state index in [1.807, 2.05) is 42.4 Å². The van der Waals surface area contributed by atoms with Gasteiger partial charge in [-0.1, -0.05) is 5.16 Å². The van der Waals surface area contributed by atoms with Crippen molar-refractivity contribution >= 4 is 18.3 Å². The zero-order valence-corrected chi connectivity index (χ0v) is 14.7. The van der Waals surface area contributed by atoms with E-state index in [9.17, 15) is 4.79 Å². The topological polar surface area (TPSA) is 63.3 Å². The monoisotopic (exact) mass is 338 g/mol. The number of carbonyl (C=O) groups is 1. The number of hydrogen-bond acceptors (Lipinski definition) is 4. The molecule has 2 aromatic heterocycles. The van der Waals surface area contributed by atoms with Gasteiger partial charge in [0.25, 0.3) is 5.91 Å². The summed E-state index contributed by atoms with van der Waals surface area (Å²) in [5, 5.41) is 7.41. The van der Waals surface area contributed by atoms with Gasteiger partial charge in [-0.25, -0.2) is 0 Å². The molecule has 1 aliphatic heterocycles. The van der Waals surface area contributed by atoms with Gasteiger partial charge in [-0.3, -0.25) is 9.36 Å². The maximum absolute atomic E-state index is 12.8. The van der Waals surface area contributed by atoms with Gasteiger partial charge in [-0.15, -0.1) is 12.4 Å². The molecule has 3 rings (SSSR count). The van der Waals surface area contributed by atoms with Crippen LogP contribution in [0.15, 0.2) is 16.7 Å². The standard InChI is InChI=1S/C16H22N4O2.ClH/c1-10-9-19(6-5-17-10)16(21)14-7-11(2)20(13(14)4)15-8-12(3)22-18-15;/h7-8,10,17H,5-6,9H2,1-4H3;1H. The highest BCUT2D eigenvalue weighted by molar-refractivity contribution is 5.96. The molecule has 1 atom stereocenters. The molecule has 1 saturated heterocycles. The minimum Gasteiger partial charge on any atom is -0.360 e. The summed E-state index contributed by atoms with van der Waals surface area (Å²) in [5.41, 5.74) is 2.63. The van der Waals surface area contributed by atoms with Crippen LogP contribution in [-0.4, -0.2) is 46.2 Å². The minimum absolute atomic E-state index is 0. The van der Waals surface area contributed by atoms with Crippen LogP contribution in [0.3, 0.4) is 0 Å². The number of piperazine rings is 1. The van der Waals surface area contributed by atoms with Crippen LogP contribution in [0.4, 0.5) is 0 Å². The second-order valence-electron chi connectivity index (χ2n) is 6.02. The highest BCUT2D eigenvalue weighted by atomic mass is 35.5. The molecule has 126 valence electrons. The van der Waals surface area contributed by atoms with Gasteiger partial charge in [0.2, 0.25) is 0 Å². The average molecular weight is 339 g/mol. The van der Waals surface area contributed by atoms with Crippen molar-refractivity contribution in [2.45, 2.75) is 33.7 Å². The third-order valence-corrected chi connectivity index (χ3v) is 4.16. The molecule has 0 spiro atoms. The Kier molecular flexibility index (Phi) is 5.16. The maximum Gasteiger partial charge on any atom is 0.255 e.